The fourth-order valence-corrected chi connectivity index (χ4v) is 6.77. The minimum absolute atomic E-state index is 0.0276. The van der Waals surface area contributed by atoms with Gasteiger partial charge >= 0.3 is 6.03 Å². The zero-order valence-corrected chi connectivity index (χ0v) is 27.3. The fourth-order valence-electron chi connectivity index (χ4n) is 5.59. The number of carbonyl (C=O) groups is 2. The molecule has 1 aliphatic rings. The molecule has 4 aromatic rings. The normalized spacial score (nSPS) is 17.8. The molecule has 46 heavy (non-hydrogen) atoms. The summed E-state index contributed by atoms with van der Waals surface area (Å²) < 4.78 is 34.6. The number of amides is 3. The van der Waals surface area contributed by atoms with E-state index in [0.717, 1.165) is 16.3 Å². The summed E-state index contributed by atoms with van der Waals surface area (Å²) in [5, 5.41) is 17.6. The monoisotopic (exact) mass is 644 g/mol. The number of urea groups is 1. The number of rotatable bonds is 8. The van der Waals surface area contributed by atoms with E-state index in [-0.39, 0.29) is 42.8 Å². The molecule has 3 atom stereocenters. The summed E-state index contributed by atoms with van der Waals surface area (Å²) in [6, 6.07) is 24.2. The SMILES string of the molecule is Cc1ccc(S(=O)(=O)N(C)C[C@@H]2Oc3ccc(NC(=O)Nc4cccc5ccccc45)cc3CC(=O)N([C@@H](C)CO)C[C@@H]2C)cc1. The largest absolute Gasteiger partial charge is 0.488 e. The van der Waals surface area contributed by atoms with Crippen molar-refractivity contribution >= 4 is 44.1 Å². The van der Waals surface area contributed by atoms with Crippen LogP contribution in [0.15, 0.2) is 89.8 Å². The lowest BCUT2D eigenvalue weighted by Crippen LogP contribution is -2.48. The molecule has 0 unspecified atom stereocenters. The van der Waals surface area contributed by atoms with E-state index in [1.54, 1.807) is 54.3 Å². The second kappa shape index (κ2) is 13.9. The first-order valence-corrected chi connectivity index (χ1v) is 16.7. The Morgan fingerprint density at radius 2 is 1.76 bits per heavy atom. The maximum Gasteiger partial charge on any atom is 0.323 e. The van der Waals surface area contributed by atoms with Crippen molar-refractivity contribution in [3.05, 3.63) is 96.1 Å². The number of aryl methyl sites for hydroxylation is 1. The van der Waals surface area contributed by atoms with E-state index in [2.05, 4.69) is 10.6 Å². The molecule has 0 aromatic heterocycles. The highest BCUT2D eigenvalue weighted by atomic mass is 32.2. The average molecular weight is 645 g/mol. The molecular formula is C35H40N4O6S. The zero-order chi connectivity index (χ0) is 33.0. The van der Waals surface area contributed by atoms with E-state index in [1.165, 1.54) is 11.4 Å². The quantitative estimate of drug-likeness (QED) is 0.240. The van der Waals surface area contributed by atoms with Gasteiger partial charge in [0.05, 0.1) is 36.2 Å². The number of anilines is 2. The first-order chi connectivity index (χ1) is 22.0. The highest BCUT2D eigenvalue weighted by molar-refractivity contribution is 7.89. The van der Waals surface area contributed by atoms with Crippen LogP contribution in [-0.2, 0) is 21.2 Å². The van der Waals surface area contributed by atoms with E-state index < -0.39 is 28.2 Å². The molecule has 0 bridgehead atoms. The number of ether oxygens (including phenoxy) is 1. The lowest BCUT2D eigenvalue weighted by molar-refractivity contribution is -0.134. The molecule has 0 radical (unpaired) electrons. The molecule has 1 aliphatic heterocycles. The highest BCUT2D eigenvalue weighted by Gasteiger charge is 2.33. The van der Waals surface area contributed by atoms with Crippen LogP contribution in [0.5, 0.6) is 5.75 Å². The Morgan fingerprint density at radius 1 is 1.04 bits per heavy atom. The van der Waals surface area contributed by atoms with Crippen molar-refractivity contribution in [3.8, 4) is 5.75 Å². The minimum atomic E-state index is -3.81. The van der Waals surface area contributed by atoms with Crippen LogP contribution in [0.4, 0.5) is 16.2 Å². The van der Waals surface area contributed by atoms with Crippen molar-refractivity contribution in [2.45, 2.75) is 44.2 Å². The third kappa shape index (κ3) is 7.33. The van der Waals surface area contributed by atoms with E-state index in [1.807, 2.05) is 56.3 Å². The second-order valence-electron chi connectivity index (χ2n) is 11.9. The number of likely N-dealkylation sites (N-methyl/N-ethyl adjacent to an activating group) is 1. The van der Waals surface area contributed by atoms with Crippen LogP contribution >= 0.6 is 0 Å². The van der Waals surface area contributed by atoms with Crippen LogP contribution in [-0.4, -0.2) is 73.6 Å². The lowest BCUT2D eigenvalue weighted by atomic mass is 10.0. The molecule has 3 N–H and O–H groups in total. The number of nitrogens with zero attached hydrogens (tertiary/aromatic N) is 2. The molecule has 0 saturated heterocycles. The minimum Gasteiger partial charge on any atom is -0.488 e. The molecule has 0 saturated carbocycles. The second-order valence-corrected chi connectivity index (χ2v) is 14.0. The predicted molar refractivity (Wildman–Crippen MR) is 180 cm³/mol. The van der Waals surface area contributed by atoms with Gasteiger partial charge in [0, 0.05) is 36.1 Å². The third-order valence-electron chi connectivity index (χ3n) is 8.38. The number of hydrogen-bond acceptors (Lipinski definition) is 6. The third-order valence-corrected chi connectivity index (χ3v) is 10.2. The van der Waals surface area contributed by atoms with Crippen LogP contribution in [0.3, 0.4) is 0 Å². The summed E-state index contributed by atoms with van der Waals surface area (Å²) in [7, 11) is -2.30. The molecule has 0 aliphatic carbocycles. The maximum absolute atomic E-state index is 13.6. The zero-order valence-electron chi connectivity index (χ0n) is 26.4. The number of nitrogens with one attached hydrogen (secondary N) is 2. The van der Waals surface area contributed by atoms with Gasteiger partial charge in [-0.2, -0.15) is 4.31 Å². The number of aliphatic hydroxyl groups is 1. The van der Waals surface area contributed by atoms with Crippen LogP contribution in [0.1, 0.15) is 25.0 Å². The number of hydrogen-bond donors (Lipinski definition) is 3. The molecular weight excluding hydrogens is 604 g/mol. The molecule has 10 nitrogen and oxygen atoms in total. The summed E-state index contributed by atoms with van der Waals surface area (Å²) in [6.07, 6.45) is -0.659. The number of aliphatic hydroxyl groups excluding tert-OH is 1. The van der Waals surface area contributed by atoms with Gasteiger partial charge in [0.1, 0.15) is 11.9 Å². The van der Waals surface area contributed by atoms with Crippen molar-refractivity contribution < 1.29 is 27.9 Å². The van der Waals surface area contributed by atoms with Crippen molar-refractivity contribution in [2.75, 3.05) is 37.4 Å². The van der Waals surface area contributed by atoms with Gasteiger partial charge < -0.3 is 25.4 Å². The van der Waals surface area contributed by atoms with Gasteiger partial charge in [-0.15, -0.1) is 0 Å². The Kier molecular flexibility index (Phi) is 9.95. The number of benzene rings is 4. The Balaban J connectivity index is 1.41. The summed E-state index contributed by atoms with van der Waals surface area (Å²) in [5.41, 5.74) is 2.60. The van der Waals surface area contributed by atoms with E-state index in [0.29, 0.717) is 22.7 Å². The Hall–Kier alpha value is -4.45. The first kappa shape index (κ1) is 32.9. The molecule has 11 heteroatoms. The fraction of sp³-hybridized carbons (Fsp3) is 0.314. The number of carbonyl (C=O) groups excluding carboxylic acids is 2. The van der Waals surface area contributed by atoms with Gasteiger partial charge in [0.25, 0.3) is 0 Å². The smallest absolute Gasteiger partial charge is 0.323 e. The molecule has 0 spiro atoms. The molecule has 4 aromatic carbocycles. The van der Waals surface area contributed by atoms with Gasteiger partial charge in [0.15, 0.2) is 0 Å². The average Bonchev–Trinajstić information content (AvgIpc) is 3.08. The molecule has 5 rings (SSSR count). The van der Waals surface area contributed by atoms with Gasteiger partial charge in [-0.05, 0) is 55.6 Å². The van der Waals surface area contributed by atoms with Gasteiger partial charge in [-0.1, -0.05) is 61.0 Å². The molecule has 242 valence electrons. The van der Waals surface area contributed by atoms with E-state index in [4.69, 9.17) is 4.74 Å². The topological polar surface area (TPSA) is 128 Å². The van der Waals surface area contributed by atoms with Gasteiger partial charge in [-0.25, -0.2) is 13.2 Å². The van der Waals surface area contributed by atoms with Crippen molar-refractivity contribution in [2.24, 2.45) is 5.92 Å². The molecule has 3 amide bonds. The number of sulfonamides is 1. The van der Waals surface area contributed by atoms with Crippen LogP contribution < -0.4 is 15.4 Å². The highest BCUT2D eigenvalue weighted by Crippen LogP contribution is 2.30. The molecule has 0 fully saturated rings. The standard InChI is InChI=1S/C35H40N4O6S/c1-23-12-15-29(16-13-23)46(43,44)38(4)21-33-24(2)20-39(25(3)22-40)34(41)19-27-18-28(14-17-32(27)45-33)36-35(42)37-31-11-7-9-26-8-5-6-10-30(26)31/h5-18,24-25,33,40H,19-22H2,1-4H3,(H2,36,37,42)/t24-,25-,33-/m0/s1. The molecule has 1 heterocycles. The van der Waals surface area contributed by atoms with Crippen LogP contribution in [0, 0.1) is 12.8 Å². The first-order valence-electron chi connectivity index (χ1n) is 15.2. The van der Waals surface area contributed by atoms with Gasteiger partial charge in [0.2, 0.25) is 15.9 Å². The van der Waals surface area contributed by atoms with Crippen molar-refractivity contribution in [1.29, 1.82) is 0 Å². The Labute approximate surface area is 270 Å². The maximum atomic E-state index is 13.6. The van der Waals surface area contributed by atoms with E-state index in [9.17, 15) is 23.1 Å². The van der Waals surface area contributed by atoms with E-state index >= 15 is 0 Å². The predicted octanol–water partition coefficient (Wildman–Crippen LogP) is 5.26. The summed E-state index contributed by atoms with van der Waals surface area (Å²) in [5.74, 6) is -0.0782. The van der Waals surface area contributed by atoms with Gasteiger partial charge in [-0.3, -0.25) is 4.79 Å². The summed E-state index contributed by atoms with van der Waals surface area (Å²) >= 11 is 0. The van der Waals surface area contributed by atoms with Crippen LogP contribution in [0.2, 0.25) is 0 Å². The Bertz CT molecular complexity index is 1820. The lowest BCUT2D eigenvalue weighted by Gasteiger charge is -2.33. The number of fused-ring (bicyclic) bond motifs is 2. The van der Waals surface area contributed by atoms with Crippen molar-refractivity contribution in [1.82, 2.24) is 9.21 Å². The Morgan fingerprint density at radius 3 is 2.50 bits per heavy atom. The summed E-state index contributed by atoms with van der Waals surface area (Å²) in [6.45, 7) is 5.62. The van der Waals surface area contributed by atoms with Crippen LogP contribution in [0.25, 0.3) is 10.8 Å². The summed E-state index contributed by atoms with van der Waals surface area (Å²) in [4.78, 5) is 28.4. The van der Waals surface area contributed by atoms with Crippen molar-refractivity contribution in [3.63, 3.8) is 0 Å².